The van der Waals surface area contributed by atoms with Gasteiger partial charge in [0.2, 0.25) is 0 Å². The highest BCUT2D eigenvalue weighted by Crippen LogP contribution is 2.29. The Morgan fingerprint density at radius 2 is 2.00 bits per heavy atom. The highest BCUT2D eigenvalue weighted by molar-refractivity contribution is 5.37. The van der Waals surface area contributed by atoms with Crippen molar-refractivity contribution in [2.75, 3.05) is 6.54 Å². The third-order valence-corrected chi connectivity index (χ3v) is 5.04. The predicted molar refractivity (Wildman–Crippen MR) is 83.2 cm³/mol. The van der Waals surface area contributed by atoms with Gasteiger partial charge in [0, 0.05) is 24.6 Å². The highest BCUT2D eigenvalue weighted by Gasteiger charge is 2.25. The Morgan fingerprint density at radius 3 is 2.76 bits per heavy atom. The smallest absolute Gasteiger partial charge is 0.123 e. The lowest BCUT2D eigenvalue weighted by Crippen LogP contribution is -2.39. The van der Waals surface area contributed by atoms with E-state index in [0.29, 0.717) is 6.04 Å². The molecule has 0 radical (unpaired) electrons. The molecule has 0 aromatic heterocycles. The Morgan fingerprint density at radius 1 is 1.24 bits per heavy atom. The molecule has 1 N–H and O–H groups in total. The van der Waals surface area contributed by atoms with Gasteiger partial charge in [-0.05, 0) is 43.9 Å². The first kappa shape index (κ1) is 14.8. The van der Waals surface area contributed by atoms with Crippen LogP contribution in [0, 0.1) is 11.7 Å². The molecular weight excluding hydrogens is 265 g/mol. The fourth-order valence-corrected chi connectivity index (χ4v) is 3.70. The average molecular weight is 291 g/mol. The first-order valence-corrected chi connectivity index (χ1v) is 8.41. The van der Waals surface area contributed by atoms with Crippen LogP contribution in [-0.4, -0.2) is 18.7 Å². The summed E-state index contributed by atoms with van der Waals surface area (Å²) in [5, 5.41) is 3.65. The number of fused-ring (bicyclic) bond motifs is 1. The van der Waals surface area contributed by atoms with Crippen LogP contribution in [-0.2, 0) is 6.42 Å². The molecule has 1 aliphatic carbocycles. The SMILES string of the molecule is C[C@@H](NCC1Cc2cc(F)ccc2O1)C1CCCCCC1. The minimum atomic E-state index is -0.169. The van der Waals surface area contributed by atoms with Gasteiger partial charge in [0.05, 0.1) is 0 Å². The molecule has 1 aromatic carbocycles. The molecule has 3 heteroatoms. The molecule has 2 nitrogen and oxygen atoms in total. The van der Waals surface area contributed by atoms with E-state index in [1.807, 2.05) is 0 Å². The second-order valence-electron chi connectivity index (χ2n) is 6.64. The lowest BCUT2D eigenvalue weighted by molar-refractivity contribution is 0.211. The van der Waals surface area contributed by atoms with Crippen molar-refractivity contribution in [3.8, 4) is 5.75 Å². The van der Waals surface area contributed by atoms with Gasteiger partial charge in [0.25, 0.3) is 0 Å². The molecule has 116 valence electrons. The summed E-state index contributed by atoms with van der Waals surface area (Å²) in [6.07, 6.45) is 9.22. The summed E-state index contributed by atoms with van der Waals surface area (Å²) in [7, 11) is 0. The van der Waals surface area contributed by atoms with Crippen molar-refractivity contribution in [2.24, 2.45) is 5.92 Å². The van der Waals surface area contributed by atoms with Gasteiger partial charge in [-0.2, -0.15) is 0 Å². The van der Waals surface area contributed by atoms with Crippen LogP contribution >= 0.6 is 0 Å². The normalized spacial score (nSPS) is 24.2. The summed E-state index contributed by atoms with van der Waals surface area (Å²) in [4.78, 5) is 0. The maximum atomic E-state index is 13.2. The molecule has 1 heterocycles. The zero-order chi connectivity index (χ0) is 14.7. The maximum Gasteiger partial charge on any atom is 0.123 e. The van der Waals surface area contributed by atoms with Gasteiger partial charge in [-0.1, -0.05) is 25.7 Å². The highest BCUT2D eigenvalue weighted by atomic mass is 19.1. The van der Waals surface area contributed by atoms with E-state index in [0.717, 1.165) is 30.2 Å². The van der Waals surface area contributed by atoms with Crippen LogP contribution in [0.3, 0.4) is 0 Å². The van der Waals surface area contributed by atoms with Gasteiger partial charge >= 0.3 is 0 Å². The summed E-state index contributed by atoms with van der Waals surface area (Å²) in [6.45, 7) is 3.16. The van der Waals surface area contributed by atoms with Gasteiger partial charge in [-0.3, -0.25) is 0 Å². The van der Waals surface area contributed by atoms with Crippen molar-refractivity contribution in [3.63, 3.8) is 0 Å². The van der Waals surface area contributed by atoms with Crippen LogP contribution < -0.4 is 10.1 Å². The third kappa shape index (κ3) is 3.76. The Balaban J connectivity index is 1.48. The minimum Gasteiger partial charge on any atom is -0.488 e. The lowest BCUT2D eigenvalue weighted by Gasteiger charge is -2.25. The van der Waals surface area contributed by atoms with E-state index in [-0.39, 0.29) is 11.9 Å². The molecule has 1 fully saturated rings. The molecule has 0 saturated heterocycles. The lowest BCUT2D eigenvalue weighted by atomic mass is 9.93. The third-order valence-electron chi connectivity index (χ3n) is 5.04. The Labute approximate surface area is 127 Å². The Kier molecular flexibility index (Phi) is 4.79. The van der Waals surface area contributed by atoms with Crippen molar-refractivity contribution in [1.29, 1.82) is 0 Å². The summed E-state index contributed by atoms with van der Waals surface area (Å²) in [6, 6.07) is 5.37. The Bertz CT molecular complexity index is 468. The van der Waals surface area contributed by atoms with Crippen LogP contribution in [0.4, 0.5) is 4.39 Å². The van der Waals surface area contributed by atoms with Gasteiger partial charge < -0.3 is 10.1 Å². The number of halogens is 1. The van der Waals surface area contributed by atoms with E-state index in [4.69, 9.17) is 4.74 Å². The molecule has 0 amide bonds. The Hall–Kier alpha value is -1.09. The molecule has 1 aliphatic heterocycles. The topological polar surface area (TPSA) is 21.3 Å². The molecular formula is C18H26FNO. The largest absolute Gasteiger partial charge is 0.488 e. The molecule has 1 aromatic rings. The maximum absolute atomic E-state index is 13.2. The molecule has 2 aliphatic rings. The quantitative estimate of drug-likeness (QED) is 0.844. The van der Waals surface area contributed by atoms with Crippen molar-refractivity contribution >= 4 is 0 Å². The van der Waals surface area contributed by atoms with Crippen LogP contribution in [0.15, 0.2) is 18.2 Å². The fourth-order valence-electron chi connectivity index (χ4n) is 3.70. The minimum absolute atomic E-state index is 0.148. The van der Waals surface area contributed by atoms with Gasteiger partial charge in [0.1, 0.15) is 17.7 Å². The molecule has 21 heavy (non-hydrogen) atoms. The zero-order valence-electron chi connectivity index (χ0n) is 12.9. The summed E-state index contributed by atoms with van der Waals surface area (Å²) in [5.74, 6) is 1.48. The van der Waals surface area contributed by atoms with Gasteiger partial charge in [0.15, 0.2) is 0 Å². The molecule has 0 bridgehead atoms. The summed E-state index contributed by atoms with van der Waals surface area (Å²) in [5.41, 5.74) is 1.00. The van der Waals surface area contributed by atoms with Gasteiger partial charge in [-0.25, -0.2) is 4.39 Å². The number of nitrogens with one attached hydrogen (secondary N) is 1. The number of rotatable bonds is 4. The molecule has 1 saturated carbocycles. The first-order valence-electron chi connectivity index (χ1n) is 8.41. The van der Waals surface area contributed by atoms with Crippen LogP contribution in [0.25, 0.3) is 0 Å². The second kappa shape index (κ2) is 6.78. The van der Waals surface area contributed by atoms with Crippen LogP contribution in [0.5, 0.6) is 5.75 Å². The number of ether oxygens (including phenoxy) is 1. The summed E-state index contributed by atoms with van der Waals surface area (Å²) < 4.78 is 19.1. The summed E-state index contributed by atoms with van der Waals surface area (Å²) >= 11 is 0. The predicted octanol–water partition coefficient (Wildman–Crippen LogP) is 4.08. The van der Waals surface area contributed by atoms with E-state index in [1.165, 1.54) is 44.6 Å². The van der Waals surface area contributed by atoms with Crippen molar-refractivity contribution in [2.45, 2.75) is 64.0 Å². The van der Waals surface area contributed by atoms with Crippen LogP contribution in [0.1, 0.15) is 51.0 Å². The van der Waals surface area contributed by atoms with Crippen molar-refractivity contribution in [3.05, 3.63) is 29.6 Å². The number of hydrogen-bond acceptors (Lipinski definition) is 2. The van der Waals surface area contributed by atoms with Crippen molar-refractivity contribution in [1.82, 2.24) is 5.32 Å². The molecule has 3 rings (SSSR count). The van der Waals surface area contributed by atoms with E-state index < -0.39 is 0 Å². The van der Waals surface area contributed by atoms with E-state index in [2.05, 4.69) is 12.2 Å². The number of benzene rings is 1. The van der Waals surface area contributed by atoms with E-state index in [9.17, 15) is 4.39 Å². The fraction of sp³-hybridized carbons (Fsp3) is 0.667. The number of hydrogen-bond donors (Lipinski definition) is 1. The van der Waals surface area contributed by atoms with E-state index in [1.54, 1.807) is 12.1 Å². The average Bonchev–Trinajstić information content (AvgIpc) is 2.69. The van der Waals surface area contributed by atoms with Crippen LogP contribution in [0.2, 0.25) is 0 Å². The first-order chi connectivity index (χ1) is 10.2. The standard InChI is InChI=1S/C18H26FNO/c1-13(14-6-4-2-3-5-7-14)20-12-17-11-15-10-16(19)8-9-18(15)21-17/h8-10,13-14,17,20H,2-7,11-12H2,1H3/t13-,17?/m1/s1. The van der Waals surface area contributed by atoms with E-state index >= 15 is 0 Å². The second-order valence-corrected chi connectivity index (χ2v) is 6.64. The van der Waals surface area contributed by atoms with Crippen molar-refractivity contribution < 1.29 is 9.13 Å². The molecule has 1 unspecified atom stereocenters. The monoisotopic (exact) mass is 291 g/mol. The van der Waals surface area contributed by atoms with Gasteiger partial charge in [-0.15, -0.1) is 0 Å². The molecule has 2 atom stereocenters. The molecule has 0 spiro atoms. The zero-order valence-corrected chi connectivity index (χ0v) is 12.9.